The molecule has 3 heterocycles. The minimum atomic E-state index is 0.732. The third-order valence-corrected chi connectivity index (χ3v) is 6.74. The summed E-state index contributed by atoms with van der Waals surface area (Å²) >= 11 is 1.49. The Morgan fingerprint density at radius 2 is 1.61 bits per heavy atom. The van der Waals surface area contributed by atoms with E-state index < -0.39 is 0 Å². The molecule has 5 heteroatoms. The number of carbonyl (C=O) groups excluding carboxylic acids is 1. The molecular weight excluding hydrogens is 488 g/mol. The minimum absolute atomic E-state index is 0.732. The van der Waals surface area contributed by atoms with Gasteiger partial charge in [-0.1, -0.05) is 70.5 Å². The number of hydrogen-bond donors (Lipinski definition) is 1. The predicted octanol–water partition coefficient (Wildman–Crippen LogP) is 8.14. The summed E-state index contributed by atoms with van der Waals surface area (Å²) in [6.45, 7) is 11.8. The van der Waals surface area contributed by atoms with Gasteiger partial charge in [-0.05, 0) is 75.1 Å². The van der Waals surface area contributed by atoms with Crippen LogP contribution >= 0.6 is 11.3 Å². The van der Waals surface area contributed by atoms with Gasteiger partial charge in [0.05, 0.1) is 4.88 Å². The van der Waals surface area contributed by atoms with Crippen molar-refractivity contribution >= 4 is 27.8 Å². The second-order valence-corrected chi connectivity index (χ2v) is 11.1. The third kappa shape index (κ3) is 14.4. The lowest BCUT2D eigenvalue weighted by atomic mass is 9.96. The number of thiophene rings is 1. The van der Waals surface area contributed by atoms with Crippen LogP contribution in [0.5, 0.6) is 0 Å². The van der Waals surface area contributed by atoms with E-state index in [1.807, 2.05) is 42.5 Å². The number of aromatic nitrogens is 1. The SMILES string of the molecule is C#C.CC(C)C.CCCCNC1CCOCC1.O=Cc1cc2cc3c(nc2s1)CCCC3.c1ccccc1. The van der Waals surface area contributed by atoms with Crippen LogP contribution in [0, 0.1) is 18.8 Å². The number of aldehydes is 1. The fourth-order valence-corrected chi connectivity index (χ4v) is 4.79. The first-order chi connectivity index (χ1) is 18.5. The first kappa shape index (κ1) is 33.5. The number of nitrogens with one attached hydrogen (secondary N) is 1. The second kappa shape index (κ2) is 21.4. The number of benzene rings is 1. The lowest BCUT2D eigenvalue weighted by Gasteiger charge is -2.22. The topological polar surface area (TPSA) is 51.2 Å². The number of nitrogens with zero attached hydrogens (tertiary/aromatic N) is 1. The molecular formula is C33H48N2O2S. The van der Waals surface area contributed by atoms with Gasteiger partial charge in [0.15, 0.2) is 6.29 Å². The molecule has 1 aromatic carbocycles. The second-order valence-electron chi connectivity index (χ2n) is 10.0. The van der Waals surface area contributed by atoms with Gasteiger partial charge in [-0.15, -0.1) is 24.2 Å². The first-order valence-electron chi connectivity index (χ1n) is 14.1. The van der Waals surface area contributed by atoms with Crippen LogP contribution in [0.15, 0.2) is 48.5 Å². The summed E-state index contributed by atoms with van der Waals surface area (Å²) in [5.74, 6) is 0.833. The van der Waals surface area contributed by atoms with E-state index >= 15 is 0 Å². The summed E-state index contributed by atoms with van der Waals surface area (Å²) < 4.78 is 5.27. The molecule has 4 nitrogen and oxygen atoms in total. The highest BCUT2D eigenvalue weighted by molar-refractivity contribution is 7.20. The average molecular weight is 537 g/mol. The zero-order valence-electron chi connectivity index (χ0n) is 24.0. The molecule has 0 bridgehead atoms. The van der Waals surface area contributed by atoms with Crippen LogP contribution in [-0.2, 0) is 17.6 Å². The van der Waals surface area contributed by atoms with E-state index in [1.165, 1.54) is 67.7 Å². The van der Waals surface area contributed by atoms with Crippen LogP contribution < -0.4 is 5.32 Å². The van der Waals surface area contributed by atoms with Gasteiger partial charge in [-0.3, -0.25) is 4.79 Å². The fraction of sp³-hybridized carbons (Fsp3) is 0.515. The number of aryl methyl sites for hydroxylation is 2. The zero-order chi connectivity index (χ0) is 28.0. The molecule has 38 heavy (non-hydrogen) atoms. The van der Waals surface area contributed by atoms with E-state index in [0.717, 1.165) is 59.4 Å². The lowest BCUT2D eigenvalue weighted by Crippen LogP contribution is -2.35. The maximum atomic E-state index is 10.7. The van der Waals surface area contributed by atoms with Gasteiger partial charge >= 0.3 is 0 Å². The average Bonchev–Trinajstić information content (AvgIpc) is 3.37. The molecule has 0 atom stereocenters. The number of unbranched alkanes of at least 4 members (excludes halogenated alkanes) is 1. The number of pyridine rings is 1. The quantitative estimate of drug-likeness (QED) is 0.203. The minimum Gasteiger partial charge on any atom is -0.381 e. The molecule has 1 aliphatic carbocycles. The van der Waals surface area contributed by atoms with Gasteiger partial charge in [0, 0.05) is 30.3 Å². The molecule has 0 spiro atoms. The summed E-state index contributed by atoms with van der Waals surface area (Å²) in [6.07, 6.45) is 18.7. The van der Waals surface area contributed by atoms with Gasteiger partial charge in [0.25, 0.3) is 0 Å². The molecule has 0 unspecified atom stereocenters. The molecule has 3 aromatic rings. The Balaban J connectivity index is 0.000000276. The molecule has 1 saturated heterocycles. The highest BCUT2D eigenvalue weighted by Gasteiger charge is 2.13. The highest BCUT2D eigenvalue weighted by atomic mass is 32.1. The Labute approximate surface area is 235 Å². The van der Waals surface area contributed by atoms with E-state index in [0.29, 0.717) is 0 Å². The van der Waals surface area contributed by atoms with Crippen LogP contribution in [0.1, 0.15) is 87.1 Å². The van der Waals surface area contributed by atoms with E-state index in [9.17, 15) is 4.79 Å². The number of carbonyl (C=O) groups is 1. The smallest absolute Gasteiger partial charge is 0.160 e. The molecule has 208 valence electrons. The summed E-state index contributed by atoms with van der Waals surface area (Å²) in [5, 5.41) is 4.67. The van der Waals surface area contributed by atoms with Crippen molar-refractivity contribution in [3.8, 4) is 12.8 Å². The number of fused-ring (bicyclic) bond motifs is 2. The number of rotatable bonds is 5. The van der Waals surface area contributed by atoms with E-state index in [2.05, 4.69) is 56.9 Å². The van der Waals surface area contributed by atoms with Gasteiger partial charge in [-0.2, -0.15) is 0 Å². The van der Waals surface area contributed by atoms with Gasteiger partial charge in [0.1, 0.15) is 4.83 Å². The highest BCUT2D eigenvalue weighted by Crippen LogP contribution is 2.28. The molecule has 1 N–H and O–H groups in total. The predicted molar refractivity (Wildman–Crippen MR) is 165 cm³/mol. The summed E-state index contributed by atoms with van der Waals surface area (Å²) in [4.78, 5) is 17.1. The van der Waals surface area contributed by atoms with E-state index in [4.69, 9.17) is 4.74 Å². The molecule has 1 aliphatic heterocycles. The Bertz CT molecular complexity index is 935. The standard InChI is InChI=1S/C12H11NOS.C9H19NO.C6H6.C4H10.C2H2/c14-7-10-6-9-5-8-3-1-2-4-11(8)13-12(9)15-10;1-2-3-6-10-9-4-7-11-8-5-9;1-2-4-6-5-3-1;1-4(2)3;1-2/h5-7H,1-4H2;9-10H,2-8H2,1H3;1-6H;4H,1-3H3;1-2H. The van der Waals surface area contributed by atoms with E-state index in [1.54, 1.807) is 0 Å². The molecule has 0 saturated carbocycles. The van der Waals surface area contributed by atoms with Crippen LogP contribution in [0.3, 0.4) is 0 Å². The van der Waals surface area contributed by atoms with Crippen molar-refractivity contribution in [2.75, 3.05) is 19.8 Å². The Morgan fingerprint density at radius 3 is 2.16 bits per heavy atom. The van der Waals surface area contributed by atoms with Crippen molar-refractivity contribution in [3.63, 3.8) is 0 Å². The molecule has 0 radical (unpaired) electrons. The van der Waals surface area contributed by atoms with Crippen LogP contribution in [0.4, 0.5) is 0 Å². The van der Waals surface area contributed by atoms with Crippen molar-refractivity contribution in [1.29, 1.82) is 0 Å². The monoisotopic (exact) mass is 536 g/mol. The van der Waals surface area contributed by atoms with Gasteiger partial charge < -0.3 is 10.1 Å². The third-order valence-electron chi connectivity index (χ3n) is 5.77. The summed E-state index contributed by atoms with van der Waals surface area (Å²) in [5.41, 5.74) is 2.62. The summed E-state index contributed by atoms with van der Waals surface area (Å²) in [7, 11) is 0. The largest absolute Gasteiger partial charge is 0.381 e. The molecule has 2 aliphatic rings. The molecule has 5 rings (SSSR count). The maximum Gasteiger partial charge on any atom is 0.160 e. The van der Waals surface area contributed by atoms with Crippen molar-refractivity contribution in [2.24, 2.45) is 5.92 Å². The van der Waals surface area contributed by atoms with Crippen LogP contribution in [0.2, 0.25) is 0 Å². The maximum absolute atomic E-state index is 10.7. The number of ether oxygens (including phenoxy) is 1. The normalized spacial score (nSPS) is 14.2. The van der Waals surface area contributed by atoms with E-state index in [-0.39, 0.29) is 0 Å². The van der Waals surface area contributed by atoms with Crippen LogP contribution in [0.25, 0.3) is 10.2 Å². The Kier molecular flexibility index (Phi) is 18.9. The first-order valence-corrected chi connectivity index (χ1v) is 14.9. The zero-order valence-corrected chi connectivity index (χ0v) is 24.8. The molecule has 0 amide bonds. The fourth-order valence-electron chi connectivity index (χ4n) is 3.94. The number of hydrogen-bond acceptors (Lipinski definition) is 5. The lowest BCUT2D eigenvalue weighted by molar-refractivity contribution is 0.0780. The van der Waals surface area contributed by atoms with Crippen LogP contribution in [-0.4, -0.2) is 37.1 Å². The van der Waals surface area contributed by atoms with Gasteiger partial charge in [0.2, 0.25) is 0 Å². The number of terminal acetylenes is 1. The van der Waals surface area contributed by atoms with Crippen molar-refractivity contribution in [3.05, 3.63) is 64.7 Å². The van der Waals surface area contributed by atoms with Crippen molar-refractivity contribution < 1.29 is 9.53 Å². The van der Waals surface area contributed by atoms with Gasteiger partial charge in [-0.25, -0.2) is 4.98 Å². The van der Waals surface area contributed by atoms with Crippen molar-refractivity contribution in [2.45, 2.75) is 85.1 Å². The molecule has 1 fully saturated rings. The summed E-state index contributed by atoms with van der Waals surface area (Å²) in [6, 6.07) is 16.9. The Hall–Kier alpha value is -2.52. The van der Waals surface area contributed by atoms with Crippen molar-refractivity contribution in [1.82, 2.24) is 10.3 Å². The molecule has 2 aromatic heterocycles. The Morgan fingerprint density at radius 1 is 1.03 bits per heavy atom.